The number of ether oxygens (including phenoxy) is 1. The molecular weight excluding hydrogens is 286 g/mol. The van der Waals surface area contributed by atoms with Crippen molar-refractivity contribution in [3.05, 3.63) is 42.1 Å². The molecule has 116 valence electrons. The van der Waals surface area contributed by atoms with Gasteiger partial charge < -0.3 is 19.7 Å². The maximum Gasteiger partial charge on any atom is 0.273 e. The molecule has 7 heteroatoms. The lowest BCUT2D eigenvalue weighted by Gasteiger charge is -2.17. The van der Waals surface area contributed by atoms with E-state index in [2.05, 4.69) is 10.5 Å². The molecule has 1 fully saturated rings. The Balaban J connectivity index is 1.53. The number of nitrogens with one attached hydrogen (secondary N) is 1. The molecule has 1 unspecified atom stereocenters. The molecule has 7 nitrogen and oxygen atoms in total. The number of rotatable bonds is 5. The molecule has 1 aliphatic rings. The van der Waals surface area contributed by atoms with Crippen molar-refractivity contribution in [3.63, 3.8) is 0 Å². The molecule has 1 aromatic carbocycles. The largest absolute Gasteiger partial charge is 0.356 e. The Bertz CT molecular complexity index is 629. The van der Waals surface area contributed by atoms with Crippen molar-refractivity contribution in [2.24, 2.45) is 0 Å². The highest BCUT2D eigenvalue weighted by atomic mass is 16.6. The van der Waals surface area contributed by atoms with Crippen LogP contribution in [0.2, 0.25) is 0 Å². The summed E-state index contributed by atoms with van der Waals surface area (Å²) >= 11 is 0. The van der Waals surface area contributed by atoms with E-state index in [1.54, 1.807) is 11.0 Å². The number of nitrogens with zero attached hydrogens (tertiary/aromatic N) is 2. The highest BCUT2D eigenvalue weighted by Crippen LogP contribution is 2.19. The minimum absolute atomic E-state index is 0.233. The molecule has 0 saturated carbocycles. The molecule has 2 aromatic rings. The SMILES string of the molecule is O=C(NCCN1CCOC1O)c1cc(-c2ccccc2)on1. The van der Waals surface area contributed by atoms with Gasteiger partial charge in [-0.25, -0.2) is 0 Å². The van der Waals surface area contributed by atoms with Crippen molar-refractivity contribution < 1.29 is 19.2 Å². The molecule has 1 atom stereocenters. The number of aliphatic hydroxyl groups is 1. The van der Waals surface area contributed by atoms with Crippen molar-refractivity contribution in [1.29, 1.82) is 0 Å². The quantitative estimate of drug-likeness (QED) is 0.844. The van der Waals surface area contributed by atoms with Crippen LogP contribution in [0.15, 0.2) is 40.9 Å². The Hall–Kier alpha value is -2.22. The average molecular weight is 303 g/mol. The minimum atomic E-state index is -0.881. The van der Waals surface area contributed by atoms with Crippen LogP contribution in [0.3, 0.4) is 0 Å². The summed E-state index contributed by atoms with van der Waals surface area (Å²) < 4.78 is 10.2. The number of carbonyl (C=O) groups excluding carboxylic acids is 1. The normalized spacial score (nSPS) is 18.5. The Kier molecular flexibility index (Phi) is 4.47. The van der Waals surface area contributed by atoms with E-state index in [0.29, 0.717) is 32.0 Å². The molecular formula is C15H17N3O4. The van der Waals surface area contributed by atoms with Crippen molar-refractivity contribution in [3.8, 4) is 11.3 Å². The Morgan fingerprint density at radius 1 is 1.41 bits per heavy atom. The van der Waals surface area contributed by atoms with Gasteiger partial charge in [0.1, 0.15) is 0 Å². The van der Waals surface area contributed by atoms with Gasteiger partial charge >= 0.3 is 0 Å². The molecule has 0 aliphatic carbocycles. The van der Waals surface area contributed by atoms with E-state index in [1.807, 2.05) is 30.3 Å². The first kappa shape index (κ1) is 14.7. The average Bonchev–Trinajstić information content (AvgIpc) is 3.18. The first-order chi connectivity index (χ1) is 10.7. The van der Waals surface area contributed by atoms with Gasteiger partial charge in [-0.3, -0.25) is 9.69 Å². The zero-order chi connectivity index (χ0) is 15.4. The Labute approximate surface area is 127 Å². The van der Waals surface area contributed by atoms with Gasteiger partial charge in [0.05, 0.1) is 6.61 Å². The fraction of sp³-hybridized carbons (Fsp3) is 0.333. The monoisotopic (exact) mass is 303 g/mol. The number of carbonyl (C=O) groups is 1. The second-order valence-electron chi connectivity index (χ2n) is 4.93. The van der Waals surface area contributed by atoms with Crippen LogP contribution in [0.4, 0.5) is 0 Å². The van der Waals surface area contributed by atoms with E-state index >= 15 is 0 Å². The summed E-state index contributed by atoms with van der Waals surface area (Å²) in [5, 5.41) is 16.0. The summed E-state index contributed by atoms with van der Waals surface area (Å²) in [4.78, 5) is 13.7. The fourth-order valence-corrected chi connectivity index (χ4v) is 2.24. The molecule has 22 heavy (non-hydrogen) atoms. The highest BCUT2D eigenvalue weighted by molar-refractivity contribution is 5.93. The van der Waals surface area contributed by atoms with Gasteiger partial charge in [0.2, 0.25) is 6.41 Å². The number of benzene rings is 1. The van der Waals surface area contributed by atoms with Gasteiger partial charge in [0.15, 0.2) is 11.5 Å². The molecule has 1 saturated heterocycles. The third kappa shape index (κ3) is 3.33. The van der Waals surface area contributed by atoms with Crippen molar-refractivity contribution >= 4 is 5.91 Å². The number of hydrogen-bond acceptors (Lipinski definition) is 6. The molecule has 1 aromatic heterocycles. The second-order valence-corrected chi connectivity index (χ2v) is 4.93. The third-order valence-corrected chi connectivity index (χ3v) is 3.44. The standard InChI is InChI=1S/C15H17N3O4/c19-14(16-6-7-18-8-9-21-15(18)20)12-10-13(22-17-12)11-4-2-1-3-5-11/h1-5,10,15,20H,6-9H2,(H,16,19). The Morgan fingerprint density at radius 2 is 2.23 bits per heavy atom. The van der Waals surface area contributed by atoms with E-state index < -0.39 is 6.41 Å². The molecule has 0 spiro atoms. The lowest BCUT2D eigenvalue weighted by molar-refractivity contribution is -0.132. The van der Waals surface area contributed by atoms with Crippen LogP contribution >= 0.6 is 0 Å². The summed E-state index contributed by atoms with van der Waals surface area (Å²) in [6.07, 6.45) is -0.881. The van der Waals surface area contributed by atoms with Gasteiger partial charge in [-0.2, -0.15) is 0 Å². The zero-order valence-corrected chi connectivity index (χ0v) is 11.9. The third-order valence-electron chi connectivity index (χ3n) is 3.44. The highest BCUT2D eigenvalue weighted by Gasteiger charge is 2.22. The number of aromatic nitrogens is 1. The molecule has 2 heterocycles. The first-order valence-electron chi connectivity index (χ1n) is 7.08. The summed E-state index contributed by atoms with van der Waals surface area (Å²) in [6, 6.07) is 11.1. The molecule has 3 rings (SSSR count). The maximum absolute atomic E-state index is 12.0. The van der Waals surface area contributed by atoms with Gasteiger partial charge in [-0.1, -0.05) is 35.5 Å². The molecule has 0 bridgehead atoms. The summed E-state index contributed by atoms with van der Waals surface area (Å²) in [7, 11) is 0. The van der Waals surface area contributed by atoms with Crippen molar-refractivity contribution in [2.45, 2.75) is 6.41 Å². The van der Waals surface area contributed by atoms with Crippen molar-refractivity contribution in [2.75, 3.05) is 26.2 Å². The van der Waals surface area contributed by atoms with E-state index in [1.165, 1.54) is 0 Å². The van der Waals surface area contributed by atoms with Crippen LogP contribution in [0, 0.1) is 0 Å². The Morgan fingerprint density at radius 3 is 2.95 bits per heavy atom. The topological polar surface area (TPSA) is 87.8 Å². The van der Waals surface area contributed by atoms with E-state index in [4.69, 9.17) is 9.26 Å². The van der Waals surface area contributed by atoms with Gasteiger partial charge in [-0.15, -0.1) is 0 Å². The summed E-state index contributed by atoms with van der Waals surface area (Å²) in [5.41, 5.74) is 1.10. The van der Waals surface area contributed by atoms with Gasteiger partial charge in [-0.05, 0) is 0 Å². The lowest BCUT2D eigenvalue weighted by atomic mass is 10.1. The fourth-order valence-electron chi connectivity index (χ4n) is 2.24. The van der Waals surface area contributed by atoms with Crippen LogP contribution in [0.5, 0.6) is 0 Å². The van der Waals surface area contributed by atoms with E-state index in [0.717, 1.165) is 5.56 Å². The predicted molar refractivity (Wildman–Crippen MR) is 77.8 cm³/mol. The predicted octanol–water partition coefficient (Wildman–Crippen LogP) is 0.680. The van der Waals surface area contributed by atoms with Gasteiger partial charge in [0.25, 0.3) is 5.91 Å². The number of amides is 1. The summed E-state index contributed by atoms with van der Waals surface area (Å²) in [5.74, 6) is 0.245. The second kappa shape index (κ2) is 6.69. The van der Waals surface area contributed by atoms with E-state index in [9.17, 15) is 9.90 Å². The van der Waals surface area contributed by atoms with Crippen LogP contribution in [0.1, 0.15) is 10.5 Å². The molecule has 1 aliphatic heterocycles. The molecule has 2 N–H and O–H groups in total. The first-order valence-corrected chi connectivity index (χ1v) is 7.08. The number of aliphatic hydroxyl groups excluding tert-OH is 1. The van der Waals surface area contributed by atoms with E-state index in [-0.39, 0.29) is 11.6 Å². The molecule has 0 radical (unpaired) electrons. The van der Waals surface area contributed by atoms with Crippen LogP contribution in [0.25, 0.3) is 11.3 Å². The van der Waals surface area contributed by atoms with Crippen LogP contribution in [-0.4, -0.2) is 53.7 Å². The zero-order valence-electron chi connectivity index (χ0n) is 11.9. The minimum Gasteiger partial charge on any atom is -0.356 e. The summed E-state index contributed by atoms with van der Waals surface area (Å²) in [6.45, 7) is 2.06. The van der Waals surface area contributed by atoms with Gasteiger partial charge in [0, 0.05) is 31.3 Å². The van der Waals surface area contributed by atoms with Crippen LogP contribution < -0.4 is 5.32 Å². The van der Waals surface area contributed by atoms with Crippen LogP contribution in [-0.2, 0) is 4.74 Å². The lowest BCUT2D eigenvalue weighted by Crippen LogP contribution is -2.38. The van der Waals surface area contributed by atoms with Crippen molar-refractivity contribution in [1.82, 2.24) is 15.4 Å². The molecule has 1 amide bonds. The smallest absolute Gasteiger partial charge is 0.273 e. The maximum atomic E-state index is 12.0. The number of hydrogen-bond donors (Lipinski definition) is 2.